The van der Waals surface area contributed by atoms with Gasteiger partial charge in [0.15, 0.2) is 5.65 Å². The third kappa shape index (κ3) is 2.27. The zero-order valence-corrected chi connectivity index (χ0v) is 11.4. The molecule has 0 aliphatic rings. The number of H-pyrrole nitrogens is 1. The summed E-state index contributed by atoms with van der Waals surface area (Å²) < 4.78 is 0. The van der Waals surface area contributed by atoms with Gasteiger partial charge < -0.3 is 10.6 Å². The Morgan fingerprint density at radius 1 is 1.15 bits per heavy atom. The van der Waals surface area contributed by atoms with Gasteiger partial charge in [0.25, 0.3) is 0 Å². The number of hydrogen-bond donors (Lipinski definition) is 3. The molecular formula is C14H16N6. The molecule has 0 atom stereocenters. The van der Waals surface area contributed by atoms with Crippen molar-refractivity contribution in [2.24, 2.45) is 0 Å². The van der Waals surface area contributed by atoms with Gasteiger partial charge in [0.2, 0.25) is 5.95 Å². The minimum Gasteiger partial charge on any atom is -0.357 e. The molecule has 0 aliphatic heterocycles. The van der Waals surface area contributed by atoms with Crippen LogP contribution in [0.25, 0.3) is 11.0 Å². The van der Waals surface area contributed by atoms with Crippen LogP contribution in [0.2, 0.25) is 0 Å². The lowest BCUT2D eigenvalue weighted by molar-refractivity contribution is 1.09. The first-order valence-corrected chi connectivity index (χ1v) is 6.55. The quantitative estimate of drug-likeness (QED) is 0.678. The normalized spacial score (nSPS) is 10.7. The Kier molecular flexibility index (Phi) is 3.20. The van der Waals surface area contributed by atoms with E-state index in [1.54, 1.807) is 13.2 Å². The standard InChI is InChI=1S/C14H16N6/c1-3-9-4-6-10(7-5-9)17-12-11-8-16-20-13(11)19-14(15-2)18-12/h4-8H,3H2,1-2H3,(H3,15,16,17,18,19,20). The van der Waals surface area contributed by atoms with Crippen molar-refractivity contribution in [2.75, 3.05) is 17.7 Å². The molecular weight excluding hydrogens is 252 g/mol. The topological polar surface area (TPSA) is 78.5 Å². The zero-order valence-electron chi connectivity index (χ0n) is 11.4. The molecule has 0 spiro atoms. The van der Waals surface area contributed by atoms with Gasteiger partial charge in [-0.3, -0.25) is 5.10 Å². The number of aromatic nitrogens is 4. The number of anilines is 3. The van der Waals surface area contributed by atoms with Crippen molar-refractivity contribution in [3.05, 3.63) is 36.0 Å². The second-order valence-corrected chi connectivity index (χ2v) is 4.45. The van der Waals surface area contributed by atoms with Crippen molar-refractivity contribution < 1.29 is 0 Å². The Morgan fingerprint density at radius 2 is 1.95 bits per heavy atom. The minimum atomic E-state index is 0.550. The fraction of sp³-hybridized carbons (Fsp3) is 0.214. The molecule has 0 saturated heterocycles. The molecule has 102 valence electrons. The highest BCUT2D eigenvalue weighted by molar-refractivity contribution is 5.88. The molecule has 0 aliphatic carbocycles. The molecule has 3 N–H and O–H groups in total. The molecule has 6 nitrogen and oxygen atoms in total. The van der Waals surface area contributed by atoms with Crippen LogP contribution in [0.1, 0.15) is 12.5 Å². The van der Waals surface area contributed by atoms with E-state index in [1.807, 2.05) is 12.1 Å². The van der Waals surface area contributed by atoms with Crippen LogP contribution in [0.3, 0.4) is 0 Å². The molecule has 0 saturated carbocycles. The molecule has 0 bridgehead atoms. The predicted molar refractivity (Wildman–Crippen MR) is 80.3 cm³/mol. The van der Waals surface area contributed by atoms with Crippen LogP contribution in [-0.4, -0.2) is 27.2 Å². The molecule has 3 aromatic rings. The maximum Gasteiger partial charge on any atom is 0.226 e. The van der Waals surface area contributed by atoms with Crippen LogP contribution in [-0.2, 0) is 6.42 Å². The van der Waals surface area contributed by atoms with Crippen LogP contribution in [0.15, 0.2) is 30.5 Å². The zero-order chi connectivity index (χ0) is 13.9. The van der Waals surface area contributed by atoms with Gasteiger partial charge in [-0.05, 0) is 24.1 Å². The molecule has 0 fully saturated rings. The van der Waals surface area contributed by atoms with E-state index in [9.17, 15) is 0 Å². The summed E-state index contributed by atoms with van der Waals surface area (Å²) in [5, 5.41) is 14.0. The fourth-order valence-electron chi connectivity index (χ4n) is 2.00. The Morgan fingerprint density at radius 3 is 2.65 bits per heavy atom. The maximum absolute atomic E-state index is 4.44. The fourth-order valence-corrected chi connectivity index (χ4v) is 2.00. The summed E-state index contributed by atoms with van der Waals surface area (Å²) >= 11 is 0. The van der Waals surface area contributed by atoms with E-state index < -0.39 is 0 Å². The van der Waals surface area contributed by atoms with Crippen molar-refractivity contribution >= 4 is 28.5 Å². The maximum atomic E-state index is 4.44. The van der Waals surface area contributed by atoms with E-state index in [0.717, 1.165) is 23.3 Å². The van der Waals surface area contributed by atoms with E-state index in [1.165, 1.54) is 5.56 Å². The summed E-state index contributed by atoms with van der Waals surface area (Å²) in [5.74, 6) is 1.28. The first-order valence-electron chi connectivity index (χ1n) is 6.55. The summed E-state index contributed by atoms with van der Waals surface area (Å²) in [6, 6.07) is 8.31. The summed E-state index contributed by atoms with van der Waals surface area (Å²) in [7, 11) is 1.79. The lowest BCUT2D eigenvalue weighted by Gasteiger charge is -2.08. The number of aryl methyl sites for hydroxylation is 1. The Balaban J connectivity index is 1.98. The molecule has 3 rings (SSSR count). The highest BCUT2D eigenvalue weighted by Crippen LogP contribution is 2.23. The third-order valence-corrected chi connectivity index (χ3v) is 3.16. The Labute approximate surface area is 116 Å². The molecule has 0 amide bonds. The lowest BCUT2D eigenvalue weighted by atomic mass is 10.1. The molecule has 6 heteroatoms. The van der Waals surface area contributed by atoms with E-state index in [4.69, 9.17) is 0 Å². The number of benzene rings is 1. The monoisotopic (exact) mass is 268 g/mol. The average Bonchev–Trinajstić information content (AvgIpc) is 2.96. The van der Waals surface area contributed by atoms with Gasteiger partial charge in [0.05, 0.1) is 11.6 Å². The summed E-state index contributed by atoms with van der Waals surface area (Å²) in [5.41, 5.74) is 3.00. The van der Waals surface area contributed by atoms with Gasteiger partial charge in [-0.2, -0.15) is 15.1 Å². The Bertz CT molecular complexity index is 716. The first-order chi connectivity index (χ1) is 9.80. The first kappa shape index (κ1) is 12.4. The summed E-state index contributed by atoms with van der Waals surface area (Å²) in [6.07, 6.45) is 2.75. The van der Waals surface area contributed by atoms with Gasteiger partial charge >= 0.3 is 0 Å². The number of fused-ring (bicyclic) bond motifs is 1. The second kappa shape index (κ2) is 5.16. The van der Waals surface area contributed by atoms with Crippen LogP contribution in [0.4, 0.5) is 17.5 Å². The highest BCUT2D eigenvalue weighted by atomic mass is 15.2. The largest absolute Gasteiger partial charge is 0.357 e. The number of nitrogens with zero attached hydrogens (tertiary/aromatic N) is 3. The molecule has 0 radical (unpaired) electrons. The number of rotatable bonds is 4. The van der Waals surface area contributed by atoms with E-state index in [2.05, 4.69) is 49.9 Å². The van der Waals surface area contributed by atoms with Gasteiger partial charge in [-0.25, -0.2) is 0 Å². The van der Waals surface area contributed by atoms with Crippen LogP contribution >= 0.6 is 0 Å². The van der Waals surface area contributed by atoms with Gasteiger partial charge in [0.1, 0.15) is 5.82 Å². The molecule has 2 aromatic heterocycles. The van der Waals surface area contributed by atoms with Crippen molar-refractivity contribution in [2.45, 2.75) is 13.3 Å². The van der Waals surface area contributed by atoms with Gasteiger partial charge in [-0.15, -0.1) is 0 Å². The van der Waals surface area contributed by atoms with Gasteiger partial charge in [0, 0.05) is 12.7 Å². The van der Waals surface area contributed by atoms with Gasteiger partial charge in [-0.1, -0.05) is 19.1 Å². The van der Waals surface area contributed by atoms with Crippen LogP contribution in [0.5, 0.6) is 0 Å². The van der Waals surface area contributed by atoms with Crippen molar-refractivity contribution in [1.29, 1.82) is 0 Å². The lowest BCUT2D eigenvalue weighted by Crippen LogP contribution is -2.01. The van der Waals surface area contributed by atoms with E-state index >= 15 is 0 Å². The molecule has 2 heterocycles. The number of hydrogen-bond acceptors (Lipinski definition) is 5. The third-order valence-electron chi connectivity index (χ3n) is 3.16. The SMILES string of the molecule is CCc1ccc(Nc2nc(NC)nc3[nH]ncc23)cc1. The molecule has 1 aromatic carbocycles. The molecule has 0 unspecified atom stereocenters. The predicted octanol–water partition coefficient (Wildman–Crippen LogP) is 2.70. The van der Waals surface area contributed by atoms with Crippen molar-refractivity contribution in [3.8, 4) is 0 Å². The van der Waals surface area contributed by atoms with Crippen LogP contribution < -0.4 is 10.6 Å². The van der Waals surface area contributed by atoms with E-state index in [-0.39, 0.29) is 0 Å². The number of nitrogens with one attached hydrogen (secondary N) is 3. The van der Waals surface area contributed by atoms with Crippen LogP contribution in [0, 0.1) is 0 Å². The highest BCUT2D eigenvalue weighted by Gasteiger charge is 2.09. The smallest absolute Gasteiger partial charge is 0.226 e. The second-order valence-electron chi connectivity index (χ2n) is 4.45. The summed E-state index contributed by atoms with van der Waals surface area (Å²) in [4.78, 5) is 8.74. The minimum absolute atomic E-state index is 0.550. The average molecular weight is 268 g/mol. The summed E-state index contributed by atoms with van der Waals surface area (Å²) in [6.45, 7) is 2.14. The van der Waals surface area contributed by atoms with E-state index in [0.29, 0.717) is 11.6 Å². The Hall–Kier alpha value is -2.63. The molecule has 20 heavy (non-hydrogen) atoms. The van der Waals surface area contributed by atoms with Crippen molar-refractivity contribution in [1.82, 2.24) is 20.2 Å². The number of aromatic amines is 1. The van der Waals surface area contributed by atoms with Crippen molar-refractivity contribution in [3.63, 3.8) is 0 Å².